The van der Waals surface area contributed by atoms with Crippen LogP contribution in [-0.2, 0) is 10.8 Å². The summed E-state index contributed by atoms with van der Waals surface area (Å²) >= 11 is 1.04. The minimum Gasteiger partial charge on any atom is -0.623 e. The average molecular weight is 346 g/mol. The maximum Gasteiger partial charge on any atom is 0.310 e. The molecular weight excluding hydrogens is 324 g/mol. The number of nitrogens with zero attached hydrogens (tertiary/aromatic N) is 4. The third-order valence-electron chi connectivity index (χ3n) is 3.55. The van der Waals surface area contributed by atoms with Crippen LogP contribution >= 0.6 is 11.3 Å². The topological polar surface area (TPSA) is 89.4 Å². The SMILES string of the molecule is C=CCN1CC(O)[N+]([O-])(c2nnc(S(=O)CCCCC)s2)C1. The normalized spacial score (nSPS) is 27.1. The first-order chi connectivity index (χ1) is 10.5. The van der Waals surface area contributed by atoms with Crippen LogP contribution in [0.4, 0.5) is 5.13 Å². The molecule has 124 valence electrons. The minimum absolute atomic E-state index is 0.101. The highest BCUT2D eigenvalue weighted by Gasteiger charge is 2.42. The third-order valence-corrected chi connectivity index (χ3v) is 6.32. The van der Waals surface area contributed by atoms with Crippen molar-refractivity contribution < 1.29 is 9.32 Å². The van der Waals surface area contributed by atoms with Crippen molar-refractivity contribution in [2.45, 2.75) is 36.8 Å². The summed E-state index contributed by atoms with van der Waals surface area (Å²) in [5, 5.41) is 30.8. The van der Waals surface area contributed by atoms with Crippen molar-refractivity contribution in [1.29, 1.82) is 0 Å². The fourth-order valence-electron chi connectivity index (χ4n) is 2.33. The summed E-state index contributed by atoms with van der Waals surface area (Å²) in [7, 11) is -1.22. The molecule has 0 radical (unpaired) electrons. The van der Waals surface area contributed by atoms with E-state index in [-0.39, 0.29) is 18.3 Å². The largest absolute Gasteiger partial charge is 0.623 e. The van der Waals surface area contributed by atoms with Gasteiger partial charge in [-0.25, -0.2) is 4.90 Å². The summed E-state index contributed by atoms with van der Waals surface area (Å²) in [6.07, 6.45) is 3.54. The maximum absolute atomic E-state index is 12.8. The first kappa shape index (κ1) is 17.6. The molecule has 3 atom stereocenters. The summed E-state index contributed by atoms with van der Waals surface area (Å²) in [5.74, 6) is 0.534. The summed E-state index contributed by atoms with van der Waals surface area (Å²) in [6, 6.07) is 0. The van der Waals surface area contributed by atoms with Gasteiger partial charge in [0, 0.05) is 12.3 Å². The second kappa shape index (κ2) is 7.71. The number of β-amino-alcohol motifs (C(OH)–C–C–N with tert-alkyl or cyclic N) is 1. The maximum atomic E-state index is 12.8. The van der Waals surface area contributed by atoms with Crippen LogP contribution < -0.4 is 4.65 Å². The van der Waals surface area contributed by atoms with Gasteiger partial charge in [-0.1, -0.05) is 30.9 Å². The van der Waals surface area contributed by atoms with E-state index in [1.807, 2.05) is 4.90 Å². The van der Waals surface area contributed by atoms with Crippen LogP contribution in [0.25, 0.3) is 0 Å². The molecule has 7 nitrogen and oxygen atoms in total. The molecule has 0 bridgehead atoms. The van der Waals surface area contributed by atoms with Gasteiger partial charge in [-0.15, -0.1) is 11.7 Å². The Morgan fingerprint density at radius 2 is 2.36 bits per heavy atom. The second-order valence-corrected chi connectivity index (χ2v) is 8.05. The van der Waals surface area contributed by atoms with Gasteiger partial charge in [-0.3, -0.25) is 8.86 Å². The Morgan fingerprint density at radius 1 is 1.59 bits per heavy atom. The quantitative estimate of drug-likeness (QED) is 0.331. The van der Waals surface area contributed by atoms with Crippen molar-refractivity contribution >= 4 is 27.3 Å². The molecule has 0 aliphatic carbocycles. The van der Waals surface area contributed by atoms with Gasteiger partial charge in [0.1, 0.15) is 6.67 Å². The van der Waals surface area contributed by atoms with E-state index >= 15 is 0 Å². The van der Waals surface area contributed by atoms with Gasteiger partial charge in [-0.05, 0) is 17.8 Å². The van der Waals surface area contributed by atoms with E-state index in [2.05, 4.69) is 23.7 Å². The van der Waals surface area contributed by atoms with Gasteiger partial charge >= 0.3 is 5.13 Å². The number of aliphatic hydroxyl groups excluding tert-OH is 1. The van der Waals surface area contributed by atoms with Crippen LogP contribution in [0.1, 0.15) is 26.2 Å². The van der Waals surface area contributed by atoms with E-state index in [0.717, 1.165) is 30.6 Å². The highest BCUT2D eigenvalue weighted by molar-refractivity contribution is 7.87. The summed E-state index contributed by atoms with van der Waals surface area (Å²) < 4.78 is 11.5. The van der Waals surface area contributed by atoms with E-state index in [1.54, 1.807) is 6.08 Å². The van der Waals surface area contributed by atoms with Crippen molar-refractivity contribution in [1.82, 2.24) is 19.7 Å². The fraction of sp³-hybridized carbons (Fsp3) is 0.692. The molecule has 0 aromatic carbocycles. The molecule has 0 saturated carbocycles. The molecule has 0 spiro atoms. The molecule has 1 aromatic heterocycles. The zero-order valence-electron chi connectivity index (χ0n) is 12.7. The summed E-state index contributed by atoms with van der Waals surface area (Å²) in [4.78, 5) is 1.81. The van der Waals surface area contributed by atoms with Crippen LogP contribution in [0.3, 0.4) is 0 Å². The highest BCUT2D eigenvalue weighted by atomic mass is 32.2. The van der Waals surface area contributed by atoms with Crippen molar-refractivity contribution in [2.75, 3.05) is 25.5 Å². The lowest BCUT2D eigenvalue weighted by atomic mass is 10.3. The Bertz CT molecular complexity index is 539. The Labute approximate surface area is 136 Å². The van der Waals surface area contributed by atoms with Crippen LogP contribution in [0.5, 0.6) is 0 Å². The number of hydroxylamine groups is 2. The van der Waals surface area contributed by atoms with Gasteiger partial charge in [0.25, 0.3) is 0 Å². The van der Waals surface area contributed by atoms with Crippen LogP contribution in [0, 0.1) is 5.21 Å². The van der Waals surface area contributed by atoms with E-state index in [9.17, 15) is 14.5 Å². The number of hydrogen-bond donors (Lipinski definition) is 1. The van der Waals surface area contributed by atoms with Crippen LogP contribution in [-0.4, -0.2) is 56.2 Å². The van der Waals surface area contributed by atoms with Crippen LogP contribution in [0.15, 0.2) is 17.0 Å². The number of hydrogen-bond acceptors (Lipinski definition) is 7. The van der Waals surface area contributed by atoms with Gasteiger partial charge in [0.05, 0.1) is 17.3 Å². The molecule has 9 heteroatoms. The number of aromatic nitrogens is 2. The molecule has 1 fully saturated rings. The monoisotopic (exact) mass is 346 g/mol. The lowest BCUT2D eigenvalue weighted by molar-refractivity contribution is 0.0844. The molecule has 1 aliphatic rings. The molecule has 1 aliphatic heterocycles. The molecule has 0 amide bonds. The zero-order chi connectivity index (χ0) is 16.2. The predicted molar refractivity (Wildman–Crippen MR) is 88.5 cm³/mol. The Hall–Kier alpha value is -0.710. The molecular formula is C13H22N4O3S2. The van der Waals surface area contributed by atoms with Gasteiger partial charge in [-0.2, -0.15) is 0 Å². The van der Waals surface area contributed by atoms with E-state index in [0.29, 0.717) is 16.6 Å². The average Bonchev–Trinajstić information content (AvgIpc) is 3.07. The molecule has 2 rings (SSSR count). The number of rotatable bonds is 8. The first-order valence-electron chi connectivity index (χ1n) is 7.33. The minimum atomic E-state index is -1.22. The zero-order valence-corrected chi connectivity index (χ0v) is 14.3. The molecule has 2 heterocycles. The Kier molecular flexibility index (Phi) is 6.18. The van der Waals surface area contributed by atoms with Gasteiger partial charge < -0.3 is 10.3 Å². The third kappa shape index (κ3) is 3.79. The summed E-state index contributed by atoms with van der Waals surface area (Å²) in [5.41, 5.74) is 0. The van der Waals surface area contributed by atoms with Crippen molar-refractivity contribution in [3.05, 3.63) is 17.9 Å². The van der Waals surface area contributed by atoms with Gasteiger partial charge in [0.2, 0.25) is 10.6 Å². The predicted octanol–water partition coefficient (Wildman–Crippen LogP) is 1.42. The van der Waals surface area contributed by atoms with E-state index in [1.165, 1.54) is 0 Å². The molecule has 3 unspecified atom stereocenters. The number of quaternary nitrogens is 1. The second-order valence-electron chi connectivity index (χ2n) is 5.35. The van der Waals surface area contributed by atoms with Crippen molar-refractivity contribution in [2.24, 2.45) is 0 Å². The standard InChI is InChI=1S/C13H22N4O3S2/c1-3-5-6-8-22(20)13-15-14-12(21-13)17(19)10-16(7-4-2)9-11(17)18/h4,11,18H,2-3,5-10H2,1H3. The Balaban J connectivity index is 2.07. The highest BCUT2D eigenvalue weighted by Crippen LogP contribution is 2.33. The van der Waals surface area contributed by atoms with Crippen molar-refractivity contribution in [3.63, 3.8) is 0 Å². The number of unbranched alkanes of at least 4 members (excludes halogenated alkanes) is 2. The van der Waals surface area contributed by atoms with Gasteiger partial charge in [0.15, 0.2) is 0 Å². The molecule has 1 saturated heterocycles. The first-order valence-corrected chi connectivity index (χ1v) is 9.47. The smallest absolute Gasteiger partial charge is 0.310 e. The van der Waals surface area contributed by atoms with E-state index < -0.39 is 21.7 Å². The lowest BCUT2D eigenvalue weighted by Crippen LogP contribution is -2.48. The molecule has 1 N–H and O–H groups in total. The number of aliphatic hydroxyl groups is 1. The van der Waals surface area contributed by atoms with E-state index in [4.69, 9.17) is 0 Å². The van der Waals surface area contributed by atoms with Crippen LogP contribution in [0.2, 0.25) is 0 Å². The Morgan fingerprint density at radius 3 is 3.05 bits per heavy atom. The lowest BCUT2D eigenvalue weighted by Gasteiger charge is -2.36. The van der Waals surface area contributed by atoms with Crippen molar-refractivity contribution in [3.8, 4) is 0 Å². The molecule has 22 heavy (non-hydrogen) atoms. The molecule has 1 aromatic rings. The fourth-order valence-corrected chi connectivity index (χ4v) is 4.60. The summed E-state index contributed by atoms with van der Waals surface area (Å²) in [6.45, 7) is 6.62.